The summed E-state index contributed by atoms with van der Waals surface area (Å²) in [6.07, 6.45) is 5.67. The number of carbonyl (C=O) groups excluding carboxylic acids is 2. The lowest BCUT2D eigenvalue weighted by molar-refractivity contribution is -0.120. The summed E-state index contributed by atoms with van der Waals surface area (Å²) in [6, 6.07) is 1.98. The van der Waals surface area contributed by atoms with Gasteiger partial charge in [0, 0.05) is 58.9 Å². The highest BCUT2D eigenvalue weighted by molar-refractivity contribution is 5.92. The van der Waals surface area contributed by atoms with Crippen LogP contribution in [-0.2, 0) is 11.8 Å². The number of hydrogen-bond donors (Lipinski definition) is 2. The number of hydrogen-bond acceptors (Lipinski definition) is 5. The summed E-state index contributed by atoms with van der Waals surface area (Å²) >= 11 is 0. The van der Waals surface area contributed by atoms with E-state index in [1.165, 1.54) is 0 Å². The molecule has 0 aliphatic carbocycles. The summed E-state index contributed by atoms with van der Waals surface area (Å²) < 4.78 is 1.63. The minimum absolute atomic E-state index is 0.0218. The first-order valence-electron chi connectivity index (χ1n) is 9.85. The number of carbonyl (C=O) groups is 2. The Labute approximate surface area is 160 Å². The van der Waals surface area contributed by atoms with Crippen LogP contribution in [0.1, 0.15) is 49.5 Å². The second-order valence-corrected chi connectivity index (χ2v) is 8.00. The summed E-state index contributed by atoms with van der Waals surface area (Å²) in [7, 11) is 1.80. The predicted molar refractivity (Wildman–Crippen MR) is 101 cm³/mol. The minimum Gasteiger partial charge on any atom is -0.388 e. The van der Waals surface area contributed by atoms with Gasteiger partial charge in [0.25, 0.3) is 5.91 Å². The Balaban J connectivity index is 1.51. The molecule has 0 aromatic carbocycles. The number of β-amino-alcohol motifs (C(OH)–C–C–N with tert-alkyl or cyclic N) is 1. The van der Waals surface area contributed by atoms with Gasteiger partial charge in [-0.15, -0.1) is 0 Å². The van der Waals surface area contributed by atoms with Gasteiger partial charge in [-0.3, -0.25) is 14.3 Å². The normalized spacial score (nSPS) is 25.2. The first kappa shape index (κ1) is 19.8. The van der Waals surface area contributed by atoms with Crippen molar-refractivity contribution in [3.05, 3.63) is 18.0 Å². The lowest BCUT2D eigenvalue weighted by Gasteiger charge is -2.38. The molecule has 8 heteroatoms. The molecule has 8 nitrogen and oxygen atoms in total. The third-order valence-corrected chi connectivity index (χ3v) is 5.65. The zero-order valence-electron chi connectivity index (χ0n) is 16.4. The van der Waals surface area contributed by atoms with Crippen molar-refractivity contribution in [3.63, 3.8) is 0 Å². The van der Waals surface area contributed by atoms with Crippen molar-refractivity contribution >= 4 is 11.8 Å². The number of aromatic nitrogens is 2. The summed E-state index contributed by atoms with van der Waals surface area (Å²) in [5.74, 6) is -0.0375. The van der Waals surface area contributed by atoms with Gasteiger partial charge in [-0.2, -0.15) is 5.10 Å². The standard InChI is InChI=1S/C19H31N5O3/c1-15(25)20-16-4-11-23(12-5-16)14-19(27)7-3-9-24(13-8-19)18(26)17-6-10-22(2)21-17/h6,10,16,27H,3-5,7-9,11-14H2,1-2H3,(H,20,25)/t19-/m0/s1. The van der Waals surface area contributed by atoms with Gasteiger partial charge in [0.05, 0.1) is 5.60 Å². The van der Waals surface area contributed by atoms with Crippen LogP contribution < -0.4 is 5.32 Å². The zero-order chi connectivity index (χ0) is 19.4. The van der Waals surface area contributed by atoms with E-state index < -0.39 is 5.60 Å². The van der Waals surface area contributed by atoms with E-state index >= 15 is 0 Å². The average molecular weight is 377 g/mol. The van der Waals surface area contributed by atoms with Crippen molar-refractivity contribution in [2.45, 2.75) is 50.7 Å². The monoisotopic (exact) mass is 377 g/mol. The molecule has 1 aromatic heterocycles. The van der Waals surface area contributed by atoms with Crippen LogP contribution in [-0.4, -0.2) is 80.9 Å². The largest absolute Gasteiger partial charge is 0.388 e. The van der Waals surface area contributed by atoms with Gasteiger partial charge in [-0.1, -0.05) is 0 Å². The van der Waals surface area contributed by atoms with Crippen LogP contribution in [0.4, 0.5) is 0 Å². The molecule has 2 saturated heterocycles. The highest BCUT2D eigenvalue weighted by Gasteiger charge is 2.34. The summed E-state index contributed by atoms with van der Waals surface area (Å²) in [5.41, 5.74) is -0.303. The molecular formula is C19H31N5O3. The lowest BCUT2D eigenvalue weighted by atomic mass is 9.93. The highest BCUT2D eigenvalue weighted by Crippen LogP contribution is 2.25. The van der Waals surface area contributed by atoms with E-state index in [0.717, 1.165) is 32.4 Å². The molecule has 3 rings (SSSR count). The molecule has 0 bridgehead atoms. The molecular weight excluding hydrogens is 346 g/mol. The van der Waals surface area contributed by atoms with Crippen molar-refractivity contribution in [3.8, 4) is 0 Å². The molecule has 2 amide bonds. The third kappa shape index (κ3) is 5.29. The van der Waals surface area contributed by atoms with E-state index in [0.29, 0.717) is 38.2 Å². The van der Waals surface area contributed by atoms with Gasteiger partial charge >= 0.3 is 0 Å². The fraction of sp³-hybridized carbons (Fsp3) is 0.737. The van der Waals surface area contributed by atoms with Crippen molar-refractivity contribution in [2.75, 3.05) is 32.7 Å². The summed E-state index contributed by atoms with van der Waals surface area (Å²) in [6.45, 7) is 5.15. The fourth-order valence-electron chi connectivity index (χ4n) is 4.17. The van der Waals surface area contributed by atoms with E-state index in [2.05, 4.69) is 15.3 Å². The number of likely N-dealkylation sites (tertiary alicyclic amines) is 2. The van der Waals surface area contributed by atoms with Crippen LogP contribution >= 0.6 is 0 Å². The average Bonchev–Trinajstić information content (AvgIpc) is 2.95. The van der Waals surface area contributed by atoms with Crippen molar-refractivity contribution in [1.82, 2.24) is 24.9 Å². The van der Waals surface area contributed by atoms with Crippen LogP contribution in [0.2, 0.25) is 0 Å². The van der Waals surface area contributed by atoms with Crippen molar-refractivity contribution < 1.29 is 14.7 Å². The molecule has 1 aromatic rings. The molecule has 0 radical (unpaired) electrons. The van der Waals surface area contributed by atoms with Crippen LogP contribution in [0.3, 0.4) is 0 Å². The number of nitrogens with one attached hydrogen (secondary N) is 1. The predicted octanol–water partition coefficient (Wildman–Crippen LogP) is 0.378. The lowest BCUT2D eigenvalue weighted by Crippen LogP contribution is -2.50. The van der Waals surface area contributed by atoms with Gasteiger partial charge in [0.2, 0.25) is 5.91 Å². The van der Waals surface area contributed by atoms with Gasteiger partial charge in [-0.25, -0.2) is 0 Å². The van der Waals surface area contributed by atoms with Crippen LogP contribution in [0.25, 0.3) is 0 Å². The van der Waals surface area contributed by atoms with Crippen LogP contribution in [0.15, 0.2) is 12.3 Å². The molecule has 2 N–H and O–H groups in total. The number of amides is 2. The Morgan fingerprint density at radius 2 is 2.00 bits per heavy atom. The molecule has 2 fully saturated rings. The Morgan fingerprint density at radius 1 is 1.26 bits per heavy atom. The summed E-state index contributed by atoms with van der Waals surface area (Å²) in [5, 5.41) is 18.3. The Morgan fingerprint density at radius 3 is 2.63 bits per heavy atom. The van der Waals surface area contributed by atoms with Crippen molar-refractivity contribution in [1.29, 1.82) is 0 Å². The molecule has 2 aliphatic heterocycles. The molecule has 2 aliphatic rings. The number of nitrogens with zero attached hydrogens (tertiary/aromatic N) is 4. The van der Waals surface area contributed by atoms with E-state index in [-0.39, 0.29) is 17.9 Å². The second kappa shape index (κ2) is 8.39. The van der Waals surface area contributed by atoms with E-state index in [1.807, 2.05) is 4.90 Å². The maximum Gasteiger partial charge on any atom is 0.274 e. The van der Waals surface area contributed by atoms with Gasteiger partial charge in [0.1, 0.15) is 5.69 Å². The number of aliphatic hydroxyl groups is 1. The topological polar surface area (TPSA) is 90.7 Å². The van der Waals surface area contributed by atoms with Crippen LogP contribution in [0.5, 0.6) is 0 Å². The van der Waals surface area contributed by atoms with E-state index in [4.69, 9.17) is 0 Å². The quantitative estimate of drug-likeness (QED) is 0.792. The SMILES string of the molecule is CC(=O)NC1CCN(C[C@]2(O)CCCN(C(=O)c3ccn(C)n3)CC2)CC1. The smallest absolute Gasteiger partial charge is 0.274 e. The molecule has 1 atom stereocenters. The molecule has 0 saturated carbocycles. The maximum absolute atomic E-state index is 12.6. The van der Waals surface area contributed by atoms with Gasteiger partial charge in [0.15, 0.2) is 0 Å². The molecule has 3 heterocycles. The zero-order valence-corrected chi connectivity index (χ0v) is 16.4. The van der Waals surface area contributed by atoms with E-state index in [1.54, 1.807) is 30.9 Å². The Bertz CT molecular complexity index is 668. The molecule has 27 heavy (non-hydrogen) atoms. The Kier molecular flexibility index (Phi) is 6.16. The van der Waals surface area contributed by atoms with Crippen LogP contribution in [0, 0.1) is 0 Å². The molecule has 0 unspecified atom stereocenters. The highest BCUT2D eigenvalue weighted by atomic mass is 16.3. The third-order valence-electron chi connectivity index (χ3n) is 5.65. The number of piperidine rings is 1. The first-order chi connectivity index (χ1) is 12.8. The van der Waals surface area contributed by atoms with Gasteiger partial charge in [-0.05, 0) is 38.2 Å². The number of rotatable bonds is 4. The second-order valence-electron chi connectivity index (χ2n) is 8.00. The minimum atomic E-state index is -0.764. The molecule has 0 spiro atoms. The van der Waals surface area contributed by atoms with E-state index in [9.17, 15) is 14.7 Å². The van der Waals surface area contributed by atoms with Crippen molar-refractivity contribution in [2.24, 2.45) is 7.05 Å². The summed E-state index contributed by atoms with van der Waals surface area (Å²) in [4.78, 5) is 27.9. The number of aryl methyl sites for hydroxylation is 1. The Hall–Kier alpha value is -1.93. The molecule has 150 valence electrons. The first-order valence-corrected chi connectivity index (χ1v) is 9.85. The fourth-order valence-corrected chi connectivity index (χ4v) is 4.17. The maximum atomic E-state index is 12.6. The van der Waals surface area contributed by atoms with Gasteiger partial charge < -0.3 is 20.2 Å².